The molecule has 0 atom stereocenters. The van der Waals surface area contributed by atoms with E-state index in [9.17, 15) is 0 Å². The zero-order chi connectivity index (χ0) is 16.8. The summed E-state index contributed by atoms with van der Waals surface area (Å²) in [5.74, 6) is 1.04. The summed E-state index contributed by atoms with van der Waals surface area (Å²) >= 11 is 0. The molecule has 0 amide bonds. The van der Waals surface area contributed by atoms with Gasteiger partial charge < -0.3 is 9.22 Å². The van der Waals surface area contributed by atoms with E-state index in [1.807, 2.05) is 0 Å². The minimum absolute atomic E-state index is 0.854. The van der Waals surface area contributed by atoms with Crippen molar-refractivity contribution in [2.24, 2.45) is 0 Å². The van der Waals surface area contributed by atoms with Crippen LogP contribution in [0.4, 0.5) is 0 Å². The van der Waals surface area contributed by atoms with Crippen LogP contribution >= 0.6 is 0 Å². The van der Waals surface area contributed by atoms with Crippen molar-refractivity contribution in [2.45, 2.75) is 83.2 Å². The largest absolute Gasteiger partial charge is 0.488 e. The summed E-state index contributed by atoms with van der Waals surface area (Å²) in [6.45, 7) is 4.16. The van der Waals surface area contributed by atoms with Crippen LogP contribution in [0.3, 0.4) is 0 Å². The van der Waals surface area contributed by atoms with Gasteiger partial charge in [-0.15, -0.1) is 0 Å². The topological polar surface area (TPSA) is 9.23 Å². The van der Waals surface area contributed by atoms with E-state index in [1.165, 1.54) is 80.8 Å². The van der Waals surface area contributed by atoms with Gasteiger partial charge in [-0.2, -0.15) is 0 Å². The molecule has 0 radical (unpaired) electrons. The maximum atomic E-state index is 6.15. The molecule has 0 spiro atoms. The molecule has 1 aromatic carbocycles. The van der Waals surface area contributed by atoms with E-state index < -0.39 is 0 Å². The van der Waals surface area contributed by atoms with E-state index in [-0.39, 0.29) is 0 Å². The molecule has 0 aromatic heterocycles. The van der Waals surface area contributed by atoms with Crippen molar-refractivity contribution < 1.29 is 9.22 Å². The van der Waals surface area contributed by atoms with Crippen molar-refractivity contribution in [3.63, 3.8) is 0 Å². The van der Waals surface area contributed by atoms with E-state index in [1.54, 1.807) is 0 Å². The standard InChI is InChI=1S/C22H36NO/c1-19-10-9-15-22(18-19)24-17-16-23(2,20-11-5-3-6-12-20)21-13-7-4-8-14-21/h9-10,15,18,20-21H,3-8,11-14,16-17H2,1-2H3/q+1. The number of hydrogen-bond donors (Lipinski definition) is 0. The van der Waals surface area contributed by atoms with Crippen molar-refractivity contribution >= 4 is 0 Å². The van der Waals surface area contributed by atoms with Gasteiger partial charge in [0.15, 0.2) is 0 Å². The Labute approximate surface area is 148 Å². The summed E-state index contributed by atoms with van der Waals surface area (Å²) in [4.78, 5) is 0. The normalized spacial score (nSPS) is 20.9. The third-order valence-corrected chi connectivity index (χ3v) is 6.65. The van der Waals surface area contributed by atoms with Gasteiger partial charge in [0.25, 0.3) is 0 Å². The first kappa shape index (κ1) is 17.8. The zero-order valence-electron chi connectivity index (χ0n) is 15.8. The Morgan fingerprint density at radius 2 is 1.50 bits per heavy atom. The third kappa shape index (κ3) is 4.33. The molecule has 0 bridgehead atoms. The number of quaternary nitrogens is 1. The first-order valence-electron chi connectivity index (χ1n) is 10.2. The monoisotopic (exact) mass is 330 g/mol. The minimum atomic E-state index is 0.854. The molecule has 134 valence electrons. The molecule has 2 nitrogen and oxygen atoms in total. The molecular weight excluding hydrogens is 294 g/mol. The Morgan fingerprint density at radius 3 is 2.04 bits per heavy atom. The van der Waals surface area contributed by atoms with Crippen molar-refractivity contribution in [2.75, 3.05) is 20.2 Å². The number of ether oxygens (including phenoxy) is 1. The van der Waals surface area contributed by atoms with Crippen molar-refractivity contribution in [3.8, 4) is 5.75 Å². The van der Waals surface area contributed by atoms with Gasteiger partial charge in [0, 0.05) is 0 Å². The predicted molar refractivity (Wildman–Crippen MR) is 101 cm³/mol. The van der Waals surface area contributed by atoms with Crippen LogP contribution < -0.4 is 4.74 Å². The van der Waals surface area contributed by atoms with Crippen LogP contribution in [0.1, 0.15) is 69.8 Å². The smallest absolute Gasteiger partial charge is 0.137 e. The quantitative estimate of drug-likeness (QED) is 0.627. The maximum absolute atomic E-state index is 6.15. The van der Waals surface area contributed by atoms with Crippen LogP contribution in [0.25, 0.3) is 0 Å². The van der Waals surface area contributed by atoms with Crippen LogP contribution in [-0.2, 0) is 0 Å². The highest BCUT2D eigenvalue weighted by molar-refractivity contribution is 5.27. The lowest BCUT2D eigenvalue weighted by Crippen LogP contribution is -2.61. The molecule has 0 aliphatic heterocycles. The van der Waals surface area contributed by atoms with Crippen LogP contribution in [0.15, 0.2) is 24.3 Å². The van der Waals surface area contributed by atoms with Gasteiger partial charge in [-0.25, -0.2) is 0 Å². The average molecular weight is 331 g/mol. The van der Waals surface area contributed by atoms with Crippen LogP contribution in [0, 0.1) is 6.92 Å². The Bertz CT molecular complexity index is 482. The van der Waals surface area contributed by atoms with Crippen LogP contribution in [0.5, 0.6) is 5.75 Å². The molecule has 0 saturated heterocycles. The van der Waals surface area contributed by atoms with E-state index in [2.05, 4.69) is 38.2 Å². The number of rotatable bonds is 6. The van der Waals surface area contributed by atoms with Gasteiger partial charge >= 0.3 is 0 Å². The average Bonchev–Trinajstić information content (AvgIpc) is 2.63. The zero-order valence-corrected chi connectivity index (χ0v) is 15.8. The number of likely N-dealkylation sites (N-methyl/N-ethyl adjacent to an activating group) is 1. The first-order valence-corrected chi connectivity index (χ1v) is 10.2. The van der Waals surface area contributed by atoms with E-state index in [0.717, 1.165) is 24.4 Å². The molecule has 0 N–H and O–H groups in total. The fraction of sp³-hybridized carbons (Fsp3) is 0.727. The highest BCUT2D eigenvalue weighted by Gasteiger charge is 2.40. The molecule has 0 heterocycles. The third-order valence-electron chi connectivity index (χ3n) is 6.65. The molecule has 1 aromatic rings. The lowest BCUT2D eigenvalue weighted by molar-refractivity contribution is -0.958. The number of benzene rings is 1. The summed E-state index contributed by atoms with van der Waals surface area (Å²) in [5.41, 5.74) is 1.28. The summed E-state index contributed by atoms with van der Waals surface area (Å²) in [6, 6.07) is 10.2. The molecular formula is C22H36NO+. The highest BCUT2D eigenvalue weighted by Crippen LogP contribution is 2.35. The lowest BCUT2D eigenvalue weighted by Gasteiger charge is -2.50. The van der Waals surface area contributed by atoms with Gasteiger partial charge in [0.05, 0.1) is 19.1 Å². The lowest BCUT2D eigenvalue weighted by atomic mass is 9.86. The molecule has 24 heavy (non-hydrogen) atoms. The fourth-order valence-electron chi connectivity index (χ4n) is 5.07. The Kier molecular flexibility index (Phi) is 6.21. The molecule has 2 heteroatoms. The summed E-state index contributed by atoms with van der Waals surface area (Å²) in [5, 5.41) is 0. The Balaban J connectivity index is 1.64. The second-order valence-electron chi connectivity index (χ2n) is 8.32. The van der Waals surface area contributed by atoms with Gasteiger partial charge in [-0.3, -0.25) is 0 Å². The Morgan fingerprint density at radius 1 is 0.917 bits per heavy atom. The van der Waals surface area contributed by atoms with Crippen molar-refractivity contribution in [1.29, 1.82) is 0 Å². The summed E-state index contributed by atoms with van der Waals surface area (Å²) < 4.78 is 7.42. The van der Waals surface area contributed by atoms with E-state index in [4.69, 9.17) is 4.74 Å². The van der Waals surface area contributed by atoms with Gasteiger partial charge in [-0.1, -0.05) is 25.0 Å². The second-order valence-corrected chi connectivity index (χ2v) is 8.32. The number of nitrogens with zero attached hydrogens (tertiary/aromatic N) is 1. The number of aryl methyl sites for hydroxylation is 1. The molecule has 2 aliphatic rings. The van der Waals surface area contributed by atoms with Gasteiger partial charge in [0.2, 0.25) is 0 Å². The first-order chi connectivity index (χ1) is 11.7. The SMILES string of the molecule is Cc1cccc(OCC[N+](C)(C2CCCCC2)C2CCCCC2)c1. The van der Waals surface area contributed by atoms with E-state index in [0.29, 0.717) is 0 Å². The van der Waals surface area contributed by atoms with Crippen LogP contribution in [-0.4, -0.2) is 36.8 Å². The van der Waals surface area contributed by atoms with Crippen molar-refractivity contribution in [1.82, 2.24) is 0 Å². The van der Waals surface area contributed by atoms with Gasteiger partial charge in [0.1, 0.15) is 18.9 Å². The molecule has 2 saturated carbocycles. The summed E-state index contributed by atoms with van der Waals surface area (Å²) in [7, 11) is 2.55. The molecule has 2 fully saturated rings. The fourth-order valence-corrected chi connectivity index (χ4v) is 5.07. The summed E-state index contributed by atoms with van der Waals surface area (Å²) in [6.07, 6.45) is 14.3. The van der Waals surface area contributed by atoms with Gasteiger partial charge in [-0.05, 0) is 76.0 Å². The minimum Gasteiger partial charge on any atom is -0.488 e. The molecule has 2 aliphatic carbocycles. The highest BCUT2D eigenvalue weighted by atomic mass is 16.5. The Hall–Kier alpha value is -1.02. The maximum Gasteiger partial charge on any atom is 0.137 e. The molecule has 3 rings (SSSR count). The van der Waals surface area contributed by atoms with Crippen LogP contribution in [0.2, 0.25) is 0 Å². The predicted octanol–water partition coefficient (Wildman–Crippen LogP) is 5.49. The molecule has 0 unspecified atom stereocenters. The number of hydrogen-bond acceptors (Lipinski definition) is 1. The van der Waals surface area contributed by atoms with Crippen molar-refractivity contribution in [3.05, 3.63) is 29.8 Å². The van der Waals surface area contributed by atoms with E-state index >= 15 is 0 Å². The second kappa shape index (κ2) is 8.38.